The number of nitrogens with zero attached hydrogens (tertiary/aromatic N) is 1. The number of amides is 2. The molecular formula is C40H69N6O4+. The average Bonchev–Trinajstić information content (AvgIpc) is 3.38. The monoisotopic (exact) mass is 698 g/mol. The largest absolute Gasteiger partial charge is 0.492 e. The summed E-state index contributed by atoms with van der Waals surface area (Å²) in [7, 11) is 1.58. The maximum Gasteiger partial charge on any atom is 0.255 e. The quantitative estimate of drug-likeness (QED) is 0.107. The molecule has 10 nitrogen and oxygen atoms in total. The van der Waals surface area contributed by atoms with Crippen LogP contribution in [0.1, 0.15) is 111 Å². The molecule has 0 aliphatic carbocycles. The lowest BCUT2D eigenvalue weighted by Crippen LogP contribution is -2.92. The van der Waals surface area contributed by atoms with Gasteiger partial charge in [0.1, 0.15) is 23.4 Å². The minimum atomic E-state index is -0.815. The number of carbonyl (C=O) groups is 2. The van der Waals surface area contributed by atoms with Gasteiger partial charge >= 0.3 is 0 Å². The third kappa shape index (κ3) is 11.8. The molecule has 10 heteroatoms. The number of nitrogens with one attached hydrogen (secondary N) is 4. The molecular weight excluding hydrogens is 628 g/mol. The summed E-state index contributed by atoms with van der Waals surface area (Å²) in [5.74, 6) is 1.66. The van der Waals surface area contributed by atoms with Crippen molar-refractivity contribution in [3.05, 3.63) is 78.2 Å². The minimum absolute atomic E-state index is 0.0527. The molecule has 7 N–H and O–H groups in total. The van der Waals surface area contributed by atoms with Gasteiger partial charge < -0.3 is 30.7 Å². The number of aliphatic hydroxyl groups is 1. The molecule has 0 bridgehead atoms. The molecule has 3 aliphatic heterocycles. The fourth-order valence-electron chi connectivity index (χ4n) is 5.74. The highest BCUT2D eigenvalue weighted by Crippen LogP contribution is 2.41. The number of carbonyl (C=O) groups excluding carboxylic acids is 2. The van der Waals surface area contributed by atoms with E-state index in [-0.39, 0.29) is 23.3 Å². The number of hydrogen-bond acceptors (Lipinski definition) is 6. The number of aliphatic hydroxyl groups excluding tert-OH is 1. The van der Waals surface area contributed by atoms with Gasteiger partial charge in [0, 0.05) is 31.1 Å². The maximum absolute atomic E-state index is 13.3. The smallest absolute Gasteiger partial charge is 0.255 e. The summed E-state index contributed by atoms with van der Waals surface area (Å²) >= 11 is 0. The third-order valence-electron chi connectivity index (χ3n) is 8.62. The van der Waals surface area contributed by atoms with Crippen LogP contribution in [0.15, 0.2) is 67.1 Å². The van der Waals surface area contributed by atoms with Crippen LogP contribution in [-0.4, -0.2) is 78.1 Å². The van der Waals surface area contributed by atoms with E-state index in [1.165, 1.54) is 6.42 Å². The zero-order valence-electron chi connectivity index (χ0n) is 33.1. The Labute approximate surface area is 303 Å². The summed E-state index contributed by atoms with van der Waals surface area (Å²) in [6, 6.07) is 5.10. The zero-order chi connectivity index (χ0) is 38.7. The van der Waals surface area contributed by atoms with Crippen LogP contribution in [0.5, 0.6) is 5.75 Å². The van der Waals surface area contributed by atoms with Crippen molar-refractivity contribution in [3.63, 3.8) is 0 Å². The van der Waals surface area contributed by atoms with Gasteiger partial charge in [-0.2, -0.15) is 0 Å². The van der Waals surface area contributed by atoms with E-state index < -0.39 is 17.7 Å². The molecule has 2 amide bonds. The molecule has 50 heavy (non-hydrogen) atoms. The van der Waals surface area contributed by atoms with Crippen molar-refractivity contribution in [1.29, 1.82) is 0 Å². The molecule has 2 fully saturated rings. The highest BCUT2D eigenvalue weighted by Gasteiger charge is 2.58. The highest BCUT2D eigenvalue weighted by atomic mass is 16.5. The van der Waals surface area contributed by atoms with Gasteiger partial charge in [-0.3, -0.25) is 20.3 Å². The number of hydrogen-bond donors (Lipinski definition) is 6. The van der Waals surface area contributed by atoms with Gasteiger partial charge in [0.25, 0.3) is 5.91 Å². The fraction of sp³-hybridized carbons (Fsp3) is 0.575. The van der Waals surface area contributed by atoms with Crippen LogP contribution in [0.4, 0.5) is 0 Å². The molecule has 4 rings (SSSR count). The molecule has 0 aromatic heterocycles. The Morgan fingerprint density at radius 3 is 2.34 bits per heavy atom. The van der Waals surface area contributed by atoms with E-state index in [9.17, 15) is 14.7 Å². The molecule has 1 aromatic carbocycles. The van der Waals surface area contributed by atoms with Crippen molar-refractivity contribution in [2.75, 3.05) is 26.7 Å². The number of allylic oxidation sites excluding steroid dienone is 3. The first-order valence-electron chi connectivity index (χ1n) is 18.3. The predicted octanol–water partition coefficient (Wildman–Crippen LogP) is 4.46. The summed E-state index contributed by atoms with van der Waals surface area (Å²) in [5.41, 5.74) is 7.36. The van der Waals surface area contributed by atoms with E-state index in [4.69, 9.17) is 10.5 Å². The van der Waals surface area contributed by atoms with Gasteiger partial charge in [0.2, 0.25) is 11.7 Å². The Morgan fingerprint density at radius 2 is 1.78 bits per heavy atom. The first kappa shape index (κ1) is 46.0. The van der Waals surface area contributed by atoms with E-state index in [0.29, 0.717) is 48.8 Å². The SMILES string of the molecule is C=C(/C=C\C=C/C)C(=O)NC.C=C1NCC([NH+]=C(N)CC)C2(C)C(O)C(NC(=O)c3cccc4c3OCCC4(C)C)CN12.CC.CC.CCC. The van der Waals surface area contributed by atoms with E-state index in [0.717, 1.165) is 17.8 Å². The number of nitrogens with two attached hydrogens (primary N) is 1. The topological polar surface area (TPSA) is 143 Å². The summed E-state index contributed by atoms with van der Waals surface area (Å²) in [6.45, 7) is 31.8. The number of rotatable bonds is 7. The van der Waals surface area contributed by atoms with Gasteiger partial charge in [-0.05, 0) is 31.7 Å². The van der Waals surface area contributed by atoms with Crippen molar-refractivity contribution >= 4 is 17.6 Å². The molecule has 4 atom stereocenters. The normalized spacial score (nSPS) is 23.0. The lowest BCUT2D eigenvalue weighted by Gasteiger charge is -2.46. The van der Waals surface area contributed by atoms with E-state index in [1.807, 2.05) is 77.7 Å². The number of fused-ring (bicyclic) bond motifs is 2. The Bertz CT molecular complexity index is 1330. The standard InChI is InChI=1S/C24H35N5O3.C9H13NO.C3H8.2C2H6/c1-6-19(25)28-18-12-26-14(2)29-13-17(21(30)24(18,29)5)27-22(31)15-8-7-9-16-20(15)32-11-10-23(16,3)4;1-4-5-6-7-8(2)9(11)10-3;1-3-2;2*1-2/h7-9,17-18,21,26,30H,2,6,10-13H2,1,3-5H3,(H2,25,28)(H,27,31);4-7H,2H2,1,3H3,(H,10,11);3H2,1-2H3;2*1-2H3/p+1/b;5-4-,7-6-;;;. The number of likely N-dealkylation sites (N-methyl/N-ethyl adjacent to an activating group) is 1. The van der Waals surface area contributed by atoms with E-state index in [2.05, 4.69) is 61.8 Å². The average molecular weight is 698 g/mol. The molecule has 3 heterocycles. The minimum Gasteiger partial charge on any atom is -0.492 e. The Balaban J connectivity index is 0.00000112. The Hall–Kier alpha value is -4.05. The first-order chi connectivity index (χ1) is 23.7. The molecule has 3 aliphatic rings. The number of para-hydroxylation sites is 1. The van der Waals surface area contributed by atoms with Crippen molar-refractivity contribution < 1.29 is 24.4 Å². The molecule has 0 radical (unpaired) electrons. The maximum atomic E-state index is 13.3. The summed E-state index contributed by atoms with van der Waals surface area (Å²) in [6.07, 6.45) is 9.20. The molecule has 0 spiro atoms. The van der Waals surface area contributed by atoms with Crippen LogP contribution in [-0.2, 0) is 10.2 Å². The molecule has 2 saturated heterocycles. The van der Waals surface area contributed by atoms with E-state index in [1.54, 1.807) is 25.3 Å². The van der Waals surface area contributed by atoms with Crippen molar-refractivity contribution in [2.24, 2.45) is 5.73 Å². The molecule has 0 saturated carbocycles. The van der Waals surface area contributed by atoms with E-state index >= 15 is 0 Å². The lowest BCUT2D eigenvalue weighted by molar-refractivity contribution is -0.525. The van der Waals surface area contributed by atoms with Gasteiger partial charge in [0.05, 0.1) is 30.6 Å². The van der Waals surface area contributed by atoms with Crippen LogP contribution in [0.3, 0.4) is 0 Å². The van der Waals surface area contributed by atoms with Crippen LogP contribution in [0.2, 0.25) is 0 Å². The first-order valence-corrected chi connectivity index (χ1v) is 18.3. The molecule has 4 unspecified atom stereocenters. The van der Waals surface area contributed by atoms with Crippen molar-refractivity contribution in [1.82, 2.24) is 20.9 Å². The van der Waals surface area contributed by atoms with Crippen LogP contribution in [0, 0.1) is 0 Å². The summed E-state index contributed by atoms with van der Waals surface area (Å²) in [4.78, 5) is 29.5. The number of ether oxygens (including phenoxy) is 1. The summed E-state index contributed by atoms with van der Waals surface area (Å²) in [5, 5.41) is 20.2. The second-order valence-corrected chi connectivity index (χ2v) is 12.6. The van der Waals surface area contributed by atoms with Gasteiger partial charge in [-0.25, -0.2) is 0 Å². The molecule has 282 valence electrons. The Morgan fingerprint density at radius 1 is 1.16 bits per heavy atom. The highest BCUT2D eigenvalue weighted by molar-refractivity contribution is 5.98. The van der Waals surface area contributed by atoms with Crippen LogP contribution in [0.25, 0.3) is 0 Å². The van der Waals surface area contributed by atoms with Gasteiger partial charge in [-0.15, -0.1) is 0 Å². The molecule has 1 aromatic rings. The third-order valence-corrected chi connectivity index (χ3v) is 8.62. The van der Waals surface area contributed by atoms with Crippen LogP contribution >= 0.6 is 0 Å². The lowest BCUT2D eigenvalue weighted by atomic mass is 9.79. The predicted molar refractivity (Wildman–Crippen MR) is 209 cm³/mol. The van der Waals surface area contributed by atoms with Gasteiger partial charge in [-0.1, -0.05) is 118 Å². The van der Waals surface area contributed by atoms with Crippen molar-refractivity contribution in [3.8, 4) is 5.75 Å². The number of benzene rings is 1. The van der Waals surface area contributed by atoms with Crippen LogP contribution < -0.4 is 31.4 Å². The number of amidine groups is 1. The summed E-state index contributed by atoms with van der Waals surface area (Å²) < 4.78 is 5.92. The Kier molecular flexibility index (Phi) is 20.8. The second-order valence-electron chi connectivity index (χ2n) is 12.6. The van der Waals surface area contributed by atoms with Gasteiger partial charge in [0.15, 0.2) is 0 Å². The fourth-order valence-corrected chi connectivity index (χ4v) is 5.74. The zero-order valence-corrected chi connectivity index (χ0v) is 33.1. The van der Waals surface area contributed by atoms with Crippen molar-refractivity contribution in [2.45, 2.75) is 125 Å². The second kappa shape index (κ2) is 22.6.